The number of hydrogen-bond acceptors (Lipinski definition) is 6. The quantitative estimate of drug-likeness (QED) is 0.436. The highest BCUT2D eigenvalue weighted by Crippen LogP contribution is 2.30. The third-order valence-corrected chi connectivity index (χ3v) is 3.47. The number of rotatable bonds is 4. The molecule has 0 aliphatic carbocycles. The zero-order valence-corrected chi connectivity index (χ0v) is 14.1. The lowest BCUT2D eigenvalue weighted by Crippen LogP contribution is -2.43. The molecule has 0 aromatic heterocycles. The van der Waals surface area contributed by atoms with Gasteiger partial charge in [-0.15, -0.1) is 0 Å². The zero-order chi connectivity index (χ0) is 21.2. The number of imide groups is 1. The van der Waals surface area contributed by atoms with Crippen molar-refractivity contribution in [3.63, 3.8) is 0 Å². The van der Waals surface area contributed by atoms with Crippen molar-refractivity contribution < 1.29 is 41.5 Å². The summed E-state index contributed by atoms with van der Waals surface area (Å²) in [7, 11) is 0. The average Bonchev–Trinajstić information content (AvgIpc) is 2.61. The van der Waals surface area contributed by atoms with Gasteiger partial charge in [0.25, 0.3) is 5.91 Å². The molecule has 0 spiro atoms. The third-order valence-electron chi connectivity index (χ3n) is 3.47. The van der Waals surface area contributed by atoms with Crippen molar-refractivity contribution in [3.05, 3.63) is 29.3 Å². The van der Waals surface area contributed by atoms with Crippen LogP contribution in [0.2, 0.25) is 0 Å². The molecule has 1 heterocycles. The molecule has 1 atom stereocenters. The number of hydrazone groups is 1. The van der Waals surface area contributed by atoms with Crippen LogP contribution in [0.25, 0.3) is 0 Å². The second-order valence-corrected chi connectivity index (χ2v) is 5.47. The molecule has 0 radical (unpaired) electrons. The van der Waals surface area contributed by atoms with E-state index in [-0.39, 0.29) is 17.5 Å². The number of carbonyl (C=O) groups excluding carboxylic acids is 4. The number of hydrogen-bond donors (Lipinski definition) is 2. The number of urea groups is 1. The molecule has 28 heavy (non-hydrogen) atoms. The minimum absolute atomic E-state index is 0.00503. The Morgan fingerprint density at radius 2 is 1.75 bits per heavy atom. The topological polar surface area (TPSA) is 131 Å². The first-order valence-electron chi connectivity index (χ1n) is 7.57. The number of anilines is 1. The Bertz CT molecular complexity index is 879. The van der Waals surface area contributed by atoms with Gasteiger partial charge in [-0.3, -0.25) is 14.9 Å². The van der Waals surface area contributed by atoms with E-state index in [1.54, 1.807) is 5.32 Å². The van der Waals surface area contributed by atoms with Gasteiger partial charge in [0.15, 0.2) is 29.4 Å². The summed E-state index contributed by atoms with van der Waals surface area (Å²) in [5.74, 6) is -10.7. The van der Waals surface area contributed by atoms with Crippen molar-refractivity contribution in [1.29, 1.82) is 0 Å². The molecule has 0 fully saturated rings. The molecular formula is C15H12F4N4O5. The summed E-state index contributed by atoms with van der Waals surface area (Å²) in [6, 6.07) is -1.25. The highest BCUT2D eigenvalue weighted by molar-refractivity contribution is 6.38. The van der Waals surface area contributed by atoms with E-state index in [1.807, 2.05) is 0 Å². The Morgan fingerprint density at radius 1 is 1.18 bits per heavy atom. The maximum atomic E-state index is 13.9. The molecule has 4 amide bonds. The molecule has 0 unspecified atom stereocenters. The van der Waals surface area contributed by atoms with Crippen molar-refractivity contribution in [1.82, 2.24) is 5.32 Å². The summed E-state index contributed by atoms with van der Waals surface area (Å²) < 4.78 is 59.3. The monoisotopic (exact) mass is 404 g/mol. The molecule has 2 rings (SSSR count). The Morgan fingerprint density at radius 3 is 2.29 bits per heavy atom. The number of carbonyl (C=O) groups is 4. The van der Waals surface area contributed by atoms with E-state index in [1.165, 1.54) is 0 Å². The minimum atomic E-state index is -1.89. The summed E-state index contributed by atoms with van der Waals surface area (Å²) in [6.45, 7) is 1.09. The molecule has 1 aromatic rings. The van der Waals surface area contributed by atoms with Crippen LogP contribution < -0.4 is 16.1 Å². The number of amides is 4. The minimum Gasteiger partial charge on any atom is -0.448 e. The first-order chi connectivity index (χ1) is 13.0. The van der Waals surface area contributed by atoms with Gasteiger partial charge in [-0.25, -0.2) is 27.2 Å². The number of benzene rings is 1. The maximum Gasteiger partial charge on any atom is 0.355 e. The first kappa shape index (κ1) is 20.8. The molecule has 13 heteroatoms. The average molecular weight is 404 g/mol. The van der Waals surface area contributed by atoms with Gasteiger partial charge < -0.3 is 10.5 Å². The van der Waals surface area contributed by atoms with Crippen molar-refractivity contribution in [2.45, 2.75) is 25.9 Å². The van der Waals surface area contributed by atoms with Crippen LogP contribution in [0.15, 0.2) is 11.2 Å². The van der Waals surface area contributed by atoms with Crippen LogP contribution in [-0.4, -0.2) is 35.6 Å². The fraction of sp³-hybridized carbons (Fsp3) is 0.267. The predicted octanol–water partition coefficient (Wildman–Crippen LogP) is 0.852. The highest BCUT2D eigenvalue weighted by Gasteiger charge is 2.33. The van der Waals surface area contributed by atoms with Crippen LogP contribution in [0.5, 0.6) is 0 Å². The van der Waals surface area contributed by atoms with Gasteiger partial charge in [0.2, 0.25) is 5.91 Å². The molecule has 0 saturated carbocycles. The number of primary amides is 1. The fourth-order valence-corrected chi connectivity index (χ4v) is 2.13. The molecule has 1 aliphatic rings. The molecular weight excluding hydrogens is 392 g/mol. The van der Waals surface area contributed by atoms with E-state index >= 15 is 0 Å². The third kappa shape index (κ3) is 4.24. The van der Waals surface area contributed by atoms with Crippen molar-refractivity contribution >= 4 is 35.2 Å². The van der Waals surface area contributed by atoms with Crippen LogP contribution in [0.4, 0.5) is 28.0 Å². The molecule has 9 nitrogen and oxygen atoms in total. The summed E-state index contributed by atoms with van der Waals surface area (Å²) in [6.07, 6.45) is -2.33. The molecule has 150 valence electrons. The van der Waals surface area contributed by atoms with Crippen LogP contribution in [-0.2, 0) is 19.1 Å². The van der Waals surface area contributed by atoms with E-state index in [9.17, 15) is 36.7 Å². The Hall–Kier alpha value is -3.51. The molecule has 1 aromatic carbocycles. The van der Waals surface area contributed by atoms with Gasteiger partial charge in [-0.1, -0.05) is 0 Å². The Kier molecular flexibility index (Phi) is 5.96. The van der Waals surface area contributed by atoms with E-state index in [2.05, 4.69) is 5.10 Å². The number of nitrogens with one attached hydrogen (secondary N) is 1. The lowest BCUT2D eigenvalue weighted by molar-refractivity contribution is -0.148. The number of esters is 1. The van der Waals surface area contributed by atoms with E-state index in [0.29, 0.717) is 0 Å². The van der Waals surface area contributed by atoms with E-state index in [0.717, 1.165) is 6.92 Å². The van der Waals surface area contributed by atoms with Gasteiger partial charge >= 0.3 is 12.0 Å². The number of nitrogens with two attached hydrogens (primary N) is 1. The van der Waals surface area contributed by atoms with Gasteiger partial charge in [0, 0.05) is 18.9 Å². The second-order valence-electron chi connectivity index (χ2n) is 5.47. The van der Waals surface area contributed by atoms with Gasteiger partial charge in [-0.05, 0) is 6.92 Å². The first-order valence-corrected chi connectivity index (χ1v) is 7.57. The number of halogens is 4. The van der Waals surface area contributed by atoms with Crippen LogP contribution in [0.1, 0.15) is 19.8 Å². The highest BCUT2D eigenvalue weighted by atomic mass is 19.2. The molecule has 1 aliphatic heterocycles. The SMILES string of the molecule is C[C@@H](OC(=O)C1=NN(c2c(F)c(F)cc(F)c2F)C(=O)CC1)C(=O)NC(N)=O. The van der Waals surface area contributed by atoms with Crippen molar-refractivity contribution in [2.75, 3.05) is 5.01 Å². The van der Waals surface area contributed by atoms with E-state index < -0.39 is 71.0 Å². The number of ether oxygens (including phenoxy) is 1. The lowest BCUT2D eigenvalue weighted by Gasteiger charge is -2.24. The molecule has 0 saturated heterocycles. The standard InChI is InChI=1S/C15H12F4N4O5/c1-5(13(25)21-15(20)27)28-14(26)8-2-3-9(24)23(22-8)12-10(18)6(16)4-7(17)11(12)19/h4-5H,2-3H2,1H3,(H3,20,21,25,27)/t5-/m1/s1. The van der Waals surface area contributed by atoms with E-state index in [4.69, 9.17) is 10.5 Å². The van der Waals surface area contributed by atoms with Gasteiger partial charge in [0.05, 0.1) is 0 Å². The van der Waals surface area contributed by atoms with Gasteiger partial charge in [0.1, 0.15) is 11.4 Å². The van der Waals surface area contributed by atoms with Gasteiger partial charge in [-0.2, -0.15) is 10.1 Å². The summed E-state index contributed by atoms with van der Waals surface area (Å²) in [5.41, 5.74) is 2.75. The Labute approximate surface area is 154 Å². The smallest absolute Gasteiger partial charge is 0.355 e. The lowest BCUT2D eigenvalue weighted by atomic mass is 10.1. The Balaban J connectivity index is 2.31. The predicted molar refractivity (Wildman–Crippen MR) is 83.7 cm³/mol. The van der Waals surface area contributed by atoms with Crippen molar-refractivity contribution in [2.24, 2.45) is 10.8 Å². The fourth-order valence-electron chi connectivity index (χ4n) is 2.13. The molecule has 0 bridgehead atoms. The summed E-state index contributed by atoms with van der Waals surface area (Å²) in [4.78, 5) is 46.1. The van der Waals surface area contributed by atoms with Crippen LogP contribution in [0.3, 0.4) is 0 Å². The summed E-state index contributed by atoms with van der Waals surface area (Å²) in [5, 5.41) is 5.06. The van der Waals surface area contributed by atoms with Crippen LogP contribution in [0, 0.1) is 23.3 Å². The zero-order valence-electron chi connectivity index (χ0n) is 14.1. The summed E-state index contributed by atoms with van der Waals surface area (Å²) >= 11 is 0. The number of nitrogens with zero attached hydrogens (tertiary/aromatic N) is 2. The van der Waals surface area contributed by atoms with Crippen molar-refractivity contribution in [3.8, 4) is 0 Å². The largest absolute Gasteiger partial charge is 0.448 e. The maximum absolute atomic E-state index is 13.9. The second kappa shape index (κ2) is 8.02. The normalized spacial score (nSPS) is 15.0. The van der Waals surface area contributed by atoms with Crippen LogP contribution >= 0.6 is 0 Å². The molecule has 3 N–H and O–H groups in total.